The molecule has 2 aromatic rings. The van der Waals surface area contributed by atoms with Gasteiger partial charge in [-0.05, 0) is 19.3 Å². The van der Waals surface area contributed by atoms with Gasteiger partial charge < -0.3 is 9.88 Å². The topological polar surface area (TPSA) is 42.7 Å². The van der Waals surface area contributed by atoms with Crippen molar-refractivity contribution in [2.75, 3.05) is 0 Å². The van der Waals surface area contributed by atoms with Crippen LogP contribution < -0.4 is 5.32 Å². The number of nitrogens with zero attached hydrogens (tertiary/aromatic N) is 3. The highest BCUT2D eigenvalue weighted by Gasteiger charge is 2.22. The van der Waals surface area contributed by atoms with Gasteiger partial charge in [0.15, 0.2) is 0 Å². The summed E-state index contributed by atoms with van der Waals surface area (Å²) in [5.74, 6) is 0. The summed E-state index contributed by atoms with van der Waals surface area (Å²) in [5, 5.41) is 6.75. The van der Waals surface area contributed by atoms with Crippen LogP contribution in [0.2, 0.25) is 0 Å². The number of aromatic nitrogens is 3. The van der Waals surface area contributed by atoms with Crippen LogP contribution in [0, 0.1) is 0 Å². The number of hydrogen-bond donors (Lipinski definition) is 1. The molecule has 1 saturated carbocycles. The molecule has 0 spiro atoms. The van der Waals surface area contributed by atoms with Crippen molar-refractivity contribution in [1.29, 1.82) is 0 Å². The van der Waals surface area contributed by atoms with Gasteiger partial charge in [0, 0.05) is 30.4 Å². The van der Waals surface area contributed by atoms with Crippen LogP contribution in [-0.4, -0.2) is 20.6 Å². The fourth-order valence-electron chi connectivity index (χ4n) is 2.18. The third-order valence-corrected chi connectivity index (χ3v) is 4.23. The highest BCUT2D eigenvalue weighted by atomic mass is 32.1. The normalized spacial score (nSPS) is 16.9. The van der Waals surface area contributed by atoms with Crippen molar-refractivity contribution in [1.82, 2.24) is 19.9 Å². The van der Waals surface area contributed by atoms with Crippen LogP contribution in [0.25, 0.3) is 0 Å². The van der Waals surface area contributed by atoms with Gasteiger partial charge >= 0.3 is 0 Å². The van der Waals surface area contributed by atoms with E-state index in [2.05, 4.69) is 26.8 Å². The van der Waals surface area contributed by atoms with Gasteiger partial charge in [0.1, 0.15) is 5.01 Å². The molecular formula is C13H18N4S. The van der Waals surface area contributed by atoms with Crippen molar-refractivity contribution in [3.05, 3.63) is 34.8 Å². The van der Waals surface area contributed by atoms with Gasteiger partial charge in [0.25, 0.3) is 0 Å². The van der Waals surface area contributed by atoms with Crippen LogP contribution in [0.15, 0.2) is 24.1 Å². The summed E-state index contributed by atoms with van der Waals surface area (Å²) in [4.78, 5) is 8.74. The summed E-state index contributed by atoms with van der Waals surface area (Å²) in [6.07, 6.45) is 9.45. The molecule has 0 aromatic carbocycles. The van der Waals surface area contributed by atoms with Crippen LogP contribution in [0.3, 0.4) is 0 Å². The molecule has 1 N–H and O–H groups in total. The number of nitrogens with one attached hydrogen (secondary N) is 1. The molecule has 18 heavy (non-hydrogen) atoms. The van der Waals surface area contributed by atoms with E-state index in [-0.39, 0.29) is 0 Å². The maximum absolute atomic E-state index is 4.44. The van der Waals surface area contributed by atoms with E-state index in [9.17, 15) is 0 Å². The lowest BCUT2D eigenvalue weighted by atomic mass is 10.2. The molecule has 5 heteroatoms. The smallest absolute Gasteiger partial charge is 0.115 e. The van der Waals surface area contributed by atoms with Gasteiger partial charge in [-0.2, -0.15) is 0 Å². The summed E-state index contributed by atoms with van der Waals surface area (Å²) in [5.41, 5.74) is 1.25. The molecule has 0 saturated heterocycles. The third kappa shape index (κ3) is 2.47. The largest absolute Gasteiger partial charge is 0.323 e. The first-order valence-electron chi connectivity index (χ1n) is 6.52. The minimum Gasteiger partial charge on any atom is -0.323 e. The van der Waals surface area contributed by atoms with E-state index in [1.165, 1.54) is 23.5 Å². The molecule has 0 bridgehead atoms. The van der Waals surface area contributed by atoms with E-state index in [0.29, 0.717) is 6.04 Å². The lowest BCUT2D eigenvalue weighted by Crippen LogP contribution is -2.20. The molecule has 1 unspecified atom stereocenters. The van der Waals surface area contributed by atoms with Gasteiger partial charge in [0.05, 0.1) is 18.1 Å². The lowest BCUT2D eigenvalue weighted by Gasteiger charge is -2.17. The standard InChI is InChI=1S/C13H18N4S/c1-2-12(13-15-5-6-18-13)17-9-14-7-11(17)8-16-10-3-4-10/h5-7,9-10,12,16H,2-4,8H2,1H3. The Morgan fingerprint density at radius 1 is 1.56 bits per heavy atom. The highest BCUT2D eigenvalue weighted by Crippen LogP contribution is 2.25. The Morgan fingerprint density at radius 2 is 2.44 bits per heavy atom. The molecule has 1 fully saturated rings. The van der Waals surface area contributed by atoms with Gasteiger partial charge in [-0.25, -0.2) is 9.97 Å². The Morgan fingerprint density at radius 3 is 3.11 bits per heavy atom. The van der Waals surface area contributed by atoms with Crippen LogP contribution in [0.1, 0.15) is 42.9 Å². The molecule has 1 atom stereocenters. The van der Waals surface area contributed by atoms with Crippen LogP contribution in [0.5, 0.6) is 0 Å². The third-order valence-electron chi connectivity index (χ3n) is 3.35. The predicted octanol–water partition coefficient (Wildman–Crippen LogP) is 2.59. The maximum atomic E-state index is 4.44. The van der Waals surface area contributed by atoms with E-state index in [4.69, 9.17) is 0 Å². The van der Waals surface area contributed by atoms with Crippen LogP contribution >= 0.6 is 11.3 Å². The van der Waals surface area contributed by atoms with Crippen LogP contribution in [-0.2, 0) is 6.54 Å². The number of hydrogen-bond acceptors (Lipinski definition) is 4. The second kappa shape index (κ2) is 5.20. The van der Waals surface area contributed by atoms with E-state index >= 15 is 0 Å². The second-order valence-electron chi connectivity index (χ2n) is 4.74. The number of imidazole rings is 1. The monoisotopic (exact) mass is 262 g/mol. The second-order valence-corrected chi connectivity index (χ2v) is 5.67. The highest BCUT2D eigenvalue weighted by molar-refractivity contribution is 7.09. The van der Waals surface area contributed by atoms with Crippen molar-refractivity contribution in [3.8, 4) is 0 Å². The molecule has 96 valence electrons. The first kappa shape index (κ1) is 11.9. The summed E-state index contributed by atoms with van der Waals surface area (Å²) in [6.45, 7) is 3.11. The van der Waals surface area contributed by atoms with Crippen molar-refractivity contribution in [2.45, 2.75) is 44.8 Å². The van der Waals surface area contributed by atoms with Gasteiger partial charge in [-0.3, -0.25) is 0 Å². The quantitative estimate of drug-likeness (QED) is 0.870. The molecule has 1 aliphatic carbocycles. The average Bonchev–Trinajstić information content (AvgIpc) is 2.89. The van der Waals surface area contributed by atoms with E-state index < -0.39 is 0 Å². The van der Waals surface area contributed by atoms with Crippen LogP contribution in [0.4, 0.5) is 0 Å². The number of thiazole rings is 1. The zero-order valence-electron chi connectivity index (χ0n) is 10.5. The molecule has 0 radical (unpaired) electrons. The van der Waals surface area contributed by atoms with Crippen molar-refractivity contribution in [3.63, 3.8) is 0 Å². The first-order chi connectivity index (χ1) is 8.88. The van der Waals surface area contributed by atoms with Gasteiger partial charge in [-0.15, -0.1) is 11.3 Å². The molecule has 4 nitrogen and oxygen atoms in total. The molecular weight excluding hydrogens is 244 g/mol. The summed E-state index contributed by atoms with van der Waals surface area (Å²) < 4.78 is 2.26. The van der Waals surface area contributed by atoms with Gasteiger partial charge in [-0.1, -0.05) is 6.92 Å². The molecule has 3 rings (SSSR count). The summed E-state index contributed by atoms with van der Waals surface area (Å²) in [7, 11) is 0. The SMILES string of the molecule is CCC(c1nccs1)n1cncc1CNC1CC1. The molecule has 2 aromatic heterocycles. The molecule has 0 aliphatic heterocycles. The van der Waals surface area contributed by atoms with E-state index in [1.54, 1.807) is 11.3 Å². The molecule has 0 amide bonds. The minimum absolute atomic E-state index is 0.323. The fraction of sp³-hybridized carbons (Fsp3) is 0.538. The zero-order valence-corrected chi connectivity index (χ0v) is 11.4. The van der Waals surface area contributed by atoms with Gasteiger partial charge in [0.2, 0.25) is 0 Å². The van der Waals surface area contributed by atoms with Crippen molar-refractivity contribution < 1.29 is 0 Å². The summed E-state index contributed by atoms with van der Waals surface area (Å²) >= 11 is 1.72. The molecule has 2 heterocycles. The van der Waals surface area contributed by atoms with E-state index in [1.807, 2.05) is 24.1 Å². The predicted molar refractivity (Wildman–Crippen MR) is 72.6 cm³/mol. The Bertz CT molecular complexity index is 487. The maximum Gasteiger partial charge on any atom is 0.115 e. The first-order valence-corrected chi connectivity index (χ1v) is 7.40. The fourth-order valence-corrected chi connectivity index (χ4v) is 3.00. The Labute approximate surface area is 111 Å². The Hall–Kier alpha value is -1.20. The summed E-state index contributed by atoms with van der Waals surface area (Å²) in [6, 6.07) is 1.05. The van der Waals surface area contributed by atoms with Crippen molar-refractivity contribution >= 4 is 11.3 Å². The Balaban J connectivity index is 1.78. The Kier molecular flexibility index (Phi) is 3.43. The average molecular weight is 262 g/mol. The molecule has 1 aliphatic rings. The lowest BCUT2D eigenvalue weighted by molar-refractivity contribution is 0.526. The van der Waals surface area contributed by atoms with E-state index in [0.717, 1.165) is 19.0 Å². The number of rotatable bonds is 6. The van der Waals surface area contributed by atoms with Crippen molar-refractivity contribution in [2.24, 2.45) is 0 Å². The minimum atomic E-state index is 0.323. The zero-order chi connectivity index (χ0) is 12.4.